The van der Waals surface area contributed by atoms with E-state index < -0.39 is 18.7 Å². The fraction of sp³-hybridized carbons (Fsp3) is 0.526. The molecule has 1 aliphatic rings. The number of nitrogens with zero attached hydrogens (tertiary/aromatic N) is 2. The zero-order chi connectivity index (χ0) is 19.1. The molecule has 1 aromatic heterocycles. The van der Waals surface area contributed by atoms with Gasteiger partial charge in [0.1, 0.15) is 0 Å². The van der Waals surface area contributed by atoms with E-state index in [9.17, 15) is 23.1 Å². The number of carboxylic acids is 1. The van der Waals surface area contributed by atoms with Gasteiger partial charge in [-0.3, -0.25) is 4.90 Å². The van der Waals surface area contributed by atoms with Crippen molar-refractivity contribution in [1.29, 1.82) is 0 Å². The Balaban J connectivity index is 1.84. The van der Waals surface area contributed by atoms with Crippen LogP contribution in [-0.2, 0) is 0 Å². The fourth-order valence-corrected chi connectivity index (χ4v) is 4.24. The number of carboxylic acid groups (broad SMARTS) is 1. The van der Waals surface area contributed by atoms with E-state index in [2.05, 4.69) is 0 Å². The molecule has 1 aliphatic heterocycles. The van der Waals surface area contributed by atoms with Crippen molar-refractivity contribution in [3.63, 3.8) is 0 Å². The van der Waals surface area contributed by atoms with Crippen LogP contribution in [0.15, 0.2) is 24.3 Å². The molecule has 0 bridgehead atoms. The first-order chi connectivity index (χ1) is 12.2. The first kappa shape index (κ1) is 18.8. The van der Waals surface area contributed by atoms with Crippen LogP contribution in [0.5, 0.6) is 0 Å². The van der Waals surface area contributed by atoms with Gasteiger partial charge in [-0.25, -0.2) is 4.79 Å². The molecule has 1 atom stereocenters. The highest BCUT2D eigenvalue weighted by Gasteiger charge is 2.34. The topological polar surface area (TPSA) is 45.5 Å². The molecule has 0 spiro atoms. The first-order valence-corrected chi connectivity index (χ1v) is 8.81. The summed E-state index contributed by atoms with van der Waals surface area (Å²) in [7, 11) is 0. The predicted octanol–water partition coefficient (Wildman–Crippen LogP) is 4.48. The number of benzene rings is 1. The number of piperidine rings is 1. The molecular weight excluding hydrogens is 345 g/mol. The summed E-state index contributed by atoms with van der Waals surface area (Å²) >= 11 is 0. The Morgan fingerprint density at radius 2 is 1.88 bits per heavy atom. The highest BCUT2D eigenvalue weighted by atomic mass is 19.4. The maximum Gasteiger partial charge on any atom is 0.401 e. The van der Waals surface area contributed by atoms with E-state index in [1.54, 1.807) is 13.0 Å². The standard InChI is InChI=1S/C19H23F3N2O2/c1-12(14-7-9-23(10-8-14)11-19(20,21)22)24-13(2)17(18(25)26)15-5-3-4-6-16(15)24/h3-6,12,14H,7-11H2,1-2H3,(H,25,26)/t12-/m1/s1. The highest BCUT2D eigenvalue weighted by molar-refractivity contribution is 6.05. The van der Waals surface area contributed by atoms with Crippen molar-refractivity contribution in [1.82, 2.24) is 9.47 Å². The van der Waals surface area contributed by atoms with Crippen LogP contribution in [0.3, 0.4) is 0 Å². The third-order valence-electron chi connectivity index (χ3n) is 5.49. The summed E-state index contributed by atoms with van der Waals surface area (Å²) in [4.78, 5) is 13.1. The molecule has 7 heteroatoms. The Labute approximate surface area is 150 Å². The molecule has 0 unspecified atom stereocenters. The zero-order valence-electron chi connectivity index (χ0n) is 14.9. The zero-order valence-corrected chi connectivity index (χ0v) is 14.9. The Bertz CT molecular complexity index is 805. The Hall–Kier alpha value is -2.02. The summed E-state index contributed by atoms with van der Waals surface area (Å²) in [6.45, 7) is 3.81. The summed E-state index contributed by atoms with van der Waals surface area (Å²) < 4.78 is 39.7. The second-order valence-corrected chi connectivity index (χ2v) is 7.12. The van der Waals surface area contributed by atoms with Gasteiger partial charge in [0, 0.05) is 22.6 Å². The van der Waals surface area contributed by atoms with Gasteiger partial charge in [-0.2, -0.15) is 13.2 Å². The van der Waals surface area contributed by atoms with E-state index in [4.69, 9.17) is 0 Å². The smallest absolute Gasteiger partial charge is 0.401 e. The largest absolute Gasteiger partial charge is 0.478 e. The molecule has 0 radical (unpaired) electrons. The van der Waals surface area contributed by atoms with Crippen molar-refractivity contribution < 1.29 is 23.1 Å². The van der Waals surface area contributed by atoms with Crippen LogP contribution in [-0.4, -0.2) is 46.4 Å². The van der Waals surface area contributed by atoms with Crippen molar-refractivity contribution in [3.05, 3.63) is 35.5 Å². The second-order valence-electron chi connectivity index (χ2n) is 7.12. The Morgan fingerprint density at radius 3 is 2.46 bits per heavy atom. The molecule has 1 aromatic carbocycles. The predicted molar refractivity (Wildman–Crippen MR) is 93.6 cm³/mol. The molecule has 4 nitrogen and oxygen atoms in total. The number of halogens is 3. The van der Waals surface area contributed by atoms with Gasteiger partial charge in [0.25, 0.3) is 0 Å². The minimum atomic E-state index is -4.16. The van der Waals surface area contributed by atoms with Gasteiger partial charge in [0.2, 0.25) is 0 Å². The average molecular weight is 368 g/mol. The van der Waals surface area contributed by atoms with Crippen molar-refractivity contribution in [3.8, 4) is 0 Å². The summed E-state index contributed by atoms with van der Waals surface area (Å²) in [5.74, 6) is -0.736. The van der Waals surface area contributed by atoms with E-state index in [-0.39, 0.29) is 12.0 Å². The molecule has 0 saturated carbocycles. The summed E-state index contributed by atoms with van der Waals surface area (Å²) in [5, 5.41) is 10.3. The maximum atomic E-state index is 12.6. The van der Waals surface area contributed by atoms with Crippen molar-refractivity contribution in [2.45, 2.75) is 38.9 Å². The minimum absolute atomic E-state index is 0.0287. The van der Waals surface area contributed by atoms with E-state index >= 15 is 0 Å². The minimum Gasteiger partial charge on any atom is -0.478 e. The number of hydrogen-bond acceptors (Lipinski definition) is 2. The van der Waals surface area contributed by atoms with Crippen molar-refractivity contribution >= 4 is 16.9 Å². The van der Waals surface area contributed by atoms with Crippen molar-refractivity contribution in [2.24, 2.45) is 5.92 Å². The fourth-order valence-electron chi connectivity index (χ4n) is 4.24. The van der Waals surface area contributed by atoms with Gasteiger partial charge in [0.15, 0.2) is 0 Å². The SMILES string of the molecule is Cc1c(C(=O)O)c2ccccc2n1[C@H](C)C1CCN(CC(F)(F)F)CC1. The Kier molecular flexibility index (Phi) is 5.01. The lowest BCUT2D eigenvalue weighted by atomic mass is 9.90. The quantitative estimate of drug-likeness (QED) is 0.865. The normalized spacial score (nSPS) is 18.3. The average Bonchev–Trinajstić information content (AvgIpc) is 2.85. The number of aromatic carboxylic acids is 1. The summed E-state index contributed by atoms with van der Waals surface area (Å²) in [6.07, 6.45) is -2.82. The van der Waals surface area contributed by atoms with Gasteiger partial charge >= 0.3 is 12.1 Å². The molecule has 1 saturated heterocycles. The lowest BCUT2D eigenvalue weighted by Gasteiger charge is -2.36. The van der Waals surface area contributed by atoms with E-state index in [1.807, 2.05) is 29.7 Å². The monoisotopic (exact) mass is 368 g/mol. The maximum absolute atomic E-state index is 12.6. The summed E-state index contributed by atoms with van der Waals surface area (Å²) in [6, 6.07) is 7.44. The van der Waals surface area contributed by atoms with Crippen LogP contribution in [0.25, 0.3) is 10.9 Å². The third kappa shape index (κ3) is 3.58. The van der Waals surface area contributed by atoms with Gasteiger partial charge in [-0.05, 0) is 51.8 Å². The molecular formula is C19H23F3N2O2. The van der Waals surface area contributed by atoms with E-state index in [0.717, 1.165) is 5.52 Å². The number of rotatable bonds is 4. The number of aromatic nitrogens is 1. The first-order valence-electron chi connectivity index (χ1n) is 8.81. The van der Waals surface area contributed by atoms with Crippen LogP contribution in [0.4, 0.5) is 13.2 Å². The third-order valence-corrected chi connectivity index (χ3v) is 5.49. The van der Waals surface area contributed by atoms with Crippen LogP contribution < -0.4 is 0 Å². The molecule has 0 amide bonds. The molecule has 0 aliphatic carbocycles. The number of fused-ring (bicyclic) bond motifs is 1. The molecule has 2 heterocycles. The van der Waals surface area contributed by atoms with Gasteiger partial charge in [-0.1, -0.05) is 18.2 Å². The van der Waals surface area contributed by atoms with Crippen LogP contribution in [0, 0.1) is 12.8 Å². The van der Waals surface area contributed by atoms with Gasteiger partial charge in [0.05, 0.1) is 12.1 Å². The Morgan fingerprint density at radius 1 is 1.27 bits per heavy atom. The summed E-state index contributed by atoms with van der Waals surface area (Å²) in [5.41, 5.74) is 1.87. The number of carbonyl (C=O) groups is 1. The number of para-hydroxylation sites is 1. The lowest BCUT2D eigenvalue weighted by molar-refractivity contribution is -0.149. The molecule has 1 N–H and O–H groups in total. The van der Waals surface area contributed by atoms with Crippen molar-refractivity contribution in [2.75, 3.05) is 19.6 Å². The second kappa shape index (κ2) is 6.95. The van der Waals surface area contributed by atoms with Gasteiger partial charge < -0.3 is 9.67 Å². The van der Waals surface area contributed by atoms with Crippen LogP contribution in [0.2, 0.25) is 0 Å². The number of alkyl halides is 3. The molecule has 1 fully saturated rings. The molecule has 142 valence electrons. The van der Waals surface area contributed by atoms with E-state index in [0.29, 0.717) is 42.6 Å². The lowest BCUT2D eigenvalue weighted by Crippen LogP contribution is -2.41. The van der Waals surface area contributed by atoms with E-state index in [1.165, 1.54) is 4.90 Å². The molecule has 2 aromatic rings. The number of likely N-dealkylation sites (tertiary alicyclic amines) is 1. The van der Waals surface area contributed by atoms with Gasteiger partial charge in [-0.15, -0.1) is 0 Å². The molecule has 3 rings (SSSR count). The number of hydrogen-bond donors (Lipinski definition) is 1. The van der Waals surface area contributed by atoms with Crippen LogP contribution in [0.1, 0.15) is 41.9 Å². The molecule has 26 heavy (non-hydrogen) atoms. The van der Waals surface area contributed by atoms with Crippen LogP contribution >= 0.6 is 0 Å². The highest BCUT2D eigenvalue weighted by Crippen LogP contribution is 2.36.